The number of amides is 2. The second kappa shape index (κ2) is 6.84. The zero-order valence-corrected chi connectivity index (χ0v) is 13.6. The summed E-state index contributed by atoms with van der Waals surface area (Å²) in [6, 6.07) is 14.0. The lowest BCUT2D eigenvalue weighted by Gasteiger charge is -2.25. The molecule has 120 valence electrons. The van der Waals surface area contributed by atoms with Gasteiger partial charge in [-0.1, -0.05) is 30.3 Å². The summed E-state index contributed by atoms with van der Waals surface area (Å²) >= 11 is 0. The van der Waals surface area contributed by atoms with Crippen LogP contribution in [-0.2, 0) is 17.8 Å². The van der Waals surface area contributed by atoms with Gasteiger partial charge in [-0.25, -0.2) is 4.79 Å². The van der Waals surface area contributed by atoms with Gasteiger partial charge < -0.3 is 15.4 Å². The van der Waals surface area contributed by atoms with Crippen LogP contribution in [0, 0.1) is 13.8 Å². The van der Waals surface area contributed by atoms with Gasteiger partial charge in [-0.15, -0.1) is 0 Å². The molecule has 1 heterocycles. The maximum atomic E-state index is 12.0. The summed E-state index contributed by atoms with van der Waals surface area (Å²) in [6.07, 6.45) is 0.857. The molecule has 0 aromatic heterocycles. The summed E-state index contributed by atoms with van der Waals surface area (Å²) in [5.41, 5.74) is 5.73. The highest BCUT2D eigenvalue weighted by atomic mass is 16.5. The third-order valence-electron chi connectivity index (χ3n) is 4.30. The molecule has 0 fully saturated rings. The topological polar surface area (TPSA) is 50.4 Å². The normalized spacial score (nSPS) is 16.5. The van der Waals surface area contributed by atoms with Gasteiger partial charge in [0.15, 0.2) is 0 Å². The van der Waals surface area contributed by atoms with Gasteiger partial charge in [0.05, 0.1) is 12.7 Å². The number of rotatable bonds is 3. The van der Waals surface area contributed by atoms with Crippen LogP contribution >= 0.6 is 0 Å². The molecular formula is C19H22N2O2. The van der Waals surface area contributed by atoms with Gasteiger partial charge in [-0.2, -0.15) is 0 Å². The number of carbonyl (C=O) groups is 1. The van der Waals surface area contributed by atoms with Crippen molar-refractivity contribution in [2.75, 3.05) is 11.9 Å². The number of anilines is 1. The number of hydrogen-bond acceptors (Lipinski definition) is 2. The summed E-state index contributed by atoms with van der Waals surface area (Å²) in [5, 5.41) is 5.75. The average molecular weight is 310 g/mol. The Morgan fingerprint density at radius 3 is 2.70 bits per heavy atom. The number of carbonyl (C=O) groups excluding carboxylic acids is 1. The Hall–Kier alpha value is -2.33. The van der Waals surface area contributed by atoms with Gasteiger partial charge in [0.1, 0.15) is 0 Å². The lowest BCUT2D eigenvalue weighted by Crippen LogP contribution is -2.38. The van der Waals surface area contributed by atoms with Gasteiger partial charge in [-0.05, 0) is 48.2 Å². The SMILES string of the molecule is Cc1ccc(NC(=O)NCC2Cc3ccccc3CO2)cc1C. The highest BCUT2D eigenvalue weighted by Crippen LogP contribution is 2.20. The van der Waals surface area contributed by atoms with Crippen LogP contribution in [0.5, 0.6) is 0 Å². The fourth-order valence-corrected chi connectivity index (χ4v) is 2.74. The number of benzene rings is 2. The van der Waals surface area contributed by atoms with Gasteiger partial charge >= 0.3 is 6.03 Å². The van der Waals surface area contributed by atoms with Crippen molar-refractivity contribution in [1.29, 1.82) is 0 Å². The van der Waals surface area contributed by atoms with E-state index in [9.17, 15) is 4.79 Å². The summed E-state index contributed by atoms with van der Waals surface area (Å²) < 4.78 is 5.80. The van der Waals surface area contributed by atoms with Crippen LogP contribution in [0.1, 0.15) is 22.3 Å². The molecule has 0 bridgehead atoms. The van der Waals surface area contributed by atoms with Crippen molar-refractivity contribution in [3.05, 3.63) is 64.7 Å². The molecule has 4 heteroatoms. The van der Waals surface area contributed by atoms with Crippen molar-refractivity contribution in [3.8, 4) is 0 Å². The molecule has 0 radical (unpaired) electrons. The minimum absolute atomic E-state index is 0.0235. The second-order valence-electron chi connectivity index (χ2n) is 6.04. The van der Waals surface area contributed by atoms with E-state index in [1.165, 1.54) is 16.7 Å². The van der Waals surface area contributed by atoms with E-state index >= 15 is 0 Å². The monoisotopic (exact) mass is 310 g/mol. The number of urea groups is 1. The maximum Gasteiger partial charge on any atom is 0.319 e. The number of hydrogen-bond donors (Lipinski definition) is 2. The number of nitrogens with one attached hydrogen (secondary N) is 2. The van der Waals surface area contributed by atoms with E-state index in [1.54, 1.807) is 0 Å². The Kier molecular flexibility index (Phi) is 4.63. The smallest absolute Gasteiger partial charge is 0.319 e. The van der Waals surface area contributed by atoms with Crippen LogP contribution in [0.3, 0.4) is 0 Å². The predicted octanol–water partition coefficient (Wildman–Crippen LogP) is 3.57. The number of fused-ring (bicyclic) bond motifs is 1. The van der Waals surface area contributed by atoms with Crippen molar-refractivity contribution in [1.82, 2.24) is 5.32 Å². The predicted molar refractivity (Wildman–Crippen MR) is 91.7 cm³/mol. The van der Waals surface area contributed by atoms with E-state index in [0.717, 1.165) is 17.7 Å². The molecule has 2 N–H and O–H groups in total. The molecule has 1 unspecified atom stereocenters. The van der Waals surface area contributed by atoms with Gasteiger partial charge in [0.25, 0.3) is 0 Å². The van der Waals surface area contributed by atoms with Crippen LogP contribution in [0.15, 0.2) is 42.5 Å². The average Bonchev–Trinajstić information content (AvgIpc) is 2.56. The zero-order chi connectivity index (χ0) is 16.2. The molecule has 1 atom stereocenters. The molecule has 0 saturated heterocycles. The van der Waals surface area contributed by atoms with E-state index in [4.69, 9.17) is 4.74 Å². The lowest BCUT2D eigenvalue weighted by atomic mass is 9.99. The van der Waals surface area contributed by atoms with E-state index in [2.05, 4.69) is 29.7 Å². The Bertz CT molecular complexity index is 712. The van der Waals surface area contributed by atoms with Crippen LogP contribution in [0.25, 0.3) is 0 Å². The van der Waals surface area contributed by atoms with E-state index < -0.39 is 0 Å². The van der Waals surface area contributed by atoms with Crippen molar-refractivity contribution < 1.29 is 9.53 Å². The Balaban J connectivity index is 1.51. The minimum Gasteiger partial charge on any atom is -0.371 e. The fraction of sp³-hybridized carbons (Fsp3) is 0.316. The summed E-state index contributed by atoms with van der Waals surface area (Å²) in [6.45, 7) is 5.20. The molecule has 2 aromatic rings. The van der Waals surface area contributed by atoms with Crippen molar-refractivity contribution >= 4 is 11.7 Å². The van der Waals surface area contributed by atoms with Gasteiger partial charge in [0.2, 0.25) is 0 Å². The third kappa shape index (κ3) is 3.90. The van der Waals surface area contributed by atoms with E-state index in [-0.39, 0.29) is 12.1 Å². The van der Waals surface area contributed by atoms with Crippen molar-refractivity contribution in [2.45, 2.75) is 33.0 Å². The van der Waals surface area contributed by atoms with Crippen molar-refractivity contribution in [2.24, 2.45) is 0 Å². The van der Waals surface area contributed by atoms with Crippen LogP contribution < -0.4 is 10.6 Å². The third-order valence-corrected chi connectivity index (χ3v) is 4.30. The Morgan fingerprint density at radius 2 is 1.91 bits per heavy atom. The summed E-state index contributed by atoms with van der Waals surface area (Å²) in [7, 11) is 0. The molecule has 1 aliphatic heterocycles. The highest BCUT2D eigenvalue weighted by molar-refractivity contribution is 5.89. The molecule has 23 heavy (non-hydrogen) atoms. The summed E-state index contributed by atoms with van der Waals surface area (Å²) in [4.78, 5) is 12.0. The number of ether oxygens (including phenoxy) is 1. The largest absolute Gasteiger partial charge is 0.371 e. The van der Waals surface area contributed by atoms with Crippen LogP contribution in [0.4, 0.5) is 10.5 Å². The van der Waals surface area contributed by atoms with E-state index in [1.807, 2.05) is 37.3 Å². The standard InChI is InChI=1S/C19H22N2O2/c1-13-7-8-17(9-14(13)2)21-19(22)20-11-18-10-15-5-3-4-6-16(15)12-23-18/h3-9,18H,10-12H2,1-2H3,(H2,20,21,22). The second-order valence-corrected chi connectivity index (χ2v) is 6.04. The summed E-state index contributed by atoms with van der Waals surface area (Å²) in [5.74, 6) is 0. The molecule has 1 aliphatic rings. The fourth-order valence-electron chi connectivity index (χ4n) is 2.74. The highest BCUT2D eigenvalue weighted by Gasteiger charge is 2.19. The molecule has 0 saturated carbocycles. The molecule has 0 aliphatic carbocycles. The van der Waals surface area contributed by atoms with Crippen LogP contribution in [-0.4, -0.2) is 18.7 Å². The minimum atomic E-state index is -0.198. The first-order valence-corrected chi connectivity index (χ1v) is 7.92. The maximum absolute atomic E-state index is 12.0. The molecule has 4 nitrogen and oxygen atoms in total. The Labute approximate surface area is 136 Å². The van der Waals surface area contributed by atoms with E-state index in [0.29, 0.717) is 13.2 Å². The molecule has 0 spiro atoms. The molecule has 2 aromatic carbocycles. The quantitative estimate of drug-likeness (QED) is 0.910. The molecule has 3 rings (SSSR count). The number of aryl methyl sites for hydroxylation is 2. The Morgan fingerprint density at radius 1 is 1.13 bits per heavy atom. The van der Waals surface area contributed by atoms with Crippen molar-refractivity contribution in [3.63, 3.8) is 0 Å². The van der Waals surface area contributed by atoms with Gasteiger partial charge in [-0.3, -0.25) is 0 Å². The molecular weight excluding hydrogens is 288 g/mol. The first kappa shape index (κ1) is 15.6. The first-order chi connectivity index (χ1) is 11.1. The van der Waals surface area contributed by atoms with Crippen LogP contribution in [0.2, 0.25) is 0 Å². The first-order valence-electron chi connectivity index (χ1n) is 7.92. The lowest BCUT2D eigenvalue weighted by molar-refractivity contribution is 0.0308. The zero-order valence-electron chi connectivity index (χ0n) is 13.6. The van der Waals surface area contributed by atoms with Gasteiger partial charge in [0, 0.05) is 18.7 Å². The molecule has 2 amide bonds.